The molecule has 4 heteroatoms. The molecule has 0 aliphatic heterocycles. The molecule has 0 atom stereocenters. The molecule has 1 saturated carbocycles. The zero-order valence-corrected chi connectivity index (χ0v) is 11.2. The van der Waals surface area contributed by atoms with Crippen LogP contribution in [0.1, 0.15) is 46.0 Å². The number of nitrogens with two attached hydrogens (primary N) is 1. The summed E-state index contributed by atoms with van der Waals surface area (Å²) < 4.78 is 10.3. The van der Waals surface area contributed by atoms with Gasteiger partial charge in [-0.3, -0.25) is 0 Å². The topological polar surface area (TPSA) is 61.6 Å². The molecule has 4 nitrogen and oxygen atoms in total. The Labute approximate surface area is 104 Å². The van der Waals surface area contributed by atoms with Crippen molar-refractivity contribution in [3.8, 4) is 0 Å². The van der Waals surface area contributed by atoms with Gasteiger partial charge in [0.25, 0.3) is 0 Å². The molecule has 1 amide bonds. The highest BCUT2D eigenvalue weighted by atomic mass is 16.6. The predicted molar refractivity (Wildman–Crippen MR) is 66.7 cm³/mol. The molecule has 1 rings (SSSR count). The van der Waals surface area contributed by atoms with Crippen molar-refractivity contribution in [2.24, 2.45) is 17.6 Å². The van der Waals surface area contributed by atoms with Crippen LogP contribution in [0.3, 0.4) is 0 Å². The van der Waals surface area contributed by atoms with Gasteiger partial charge in [-0.2, -0.15) is 0 Å². The molecule has 0 heterocycles. The van der Waals surface area contributed by atoms with Gasteiger partial charge >= 0.3 is 6.09 Å². The van der Waals surface area contributed by atoms with Crippen LogP contribution < -0.4 is 5.73 Å². The van der Waals surface area contributed by atoms with Crippen molar-refractivity contribution in [2.75, 3.05) is 13.7 Å². The zero-order chi connectivity index (χ0) is 12.9. The second-order valence-electron chi connectivity index (χ2n) is 5.73. The van der Waals surface area contributed by atoms with Gasteiger partial charge in [0, 0.05) is 13.7 Å². The molecule has 0 aromatic carbocycles. The highest BCUT2D eigenvalue weighted by Gasteiger charge is 2.29. The summed E-state index contributed by atoms with van der Waals surface area (Å²) in [5, 5.41) is 0. The number of hydrogen-bond donors (Lipinski definition) is 1. The van der Waals surface area contributed by atoms with Gasteiger partial charge in [0.05, 0.1) is 0 Å². The standard InChI is InChI=1S/C13H25NO3/c1-13(2,17-12(14)15)8-10-4-6-11(7-5-10)9-16-3/h10-11H,4-9H2,1-3H3,(H2,14,15). The monoisotopic (exact) mass is 243 g/mol. The van der Waals surface area contributed by atoms with Crippen LogP contribution in [-0.2, 0) is 9.47 Å². The molecule has 17 heavy (non-hydrogen) atoms. The number of ether oxygens (including phenoxy) is 2. The Bertz CT molecular complexity index is 245. The molecular formula is C13H25NO3. The summed E-state index contributed by atoms with van der Waals surface area (Å²) in [6.07, 6.45) is 5.04. The lowest BCUT2D eigenvalue weighted by Gasteiger charge is -2.33. The third-order valence-corrected chi connectivity index (χ3v) is 3.53. The summed E-state index contributed by atoms with van der Waals surface area (Å²) in [5.74, 6) is 1.34. The van der Waals surface area contributed by atoms with Crippen molar-refractivity contribution in [1.29, 1.82) is 0 Å². The first kappa shape index (κ1) is 14.3. The number of amides is 1. The van der Waals surface area contributed by atoms with Gasteiger partial charge in [-0.1, -0.05) is 0 Å². The van der Waals surface area contributed by atoms with Crippen molar-refractivity contribution in [3.63, 3.8) is 0 Å². The Hall–Kier alpha value is -0.770. The first-order chi connectivity index (χ1) is 7.93. The Morgan fingerprint density at radius 1 is 1.24 bits per heavy atom. The van der Waals surface area contributed by atoms with Gasteiger partial charge in [0.15, 0.2) is 0 Å². The largest absolute Gasteiger partial charge is 0.444 e. The number of primary amides is 1. The summed E-state index contributed by atoms with van der Waals surface area (Å²) in [7, 11) is 1.76. The minimum absolute atomic E-state index is 0.440. The average molecular weight is 243 g/mol. The molecule has 0 unspecified atom stereocenters. The fourth-order valence-corrected chi connectivity index (χ4v) is 2.85. The number of hydrogen-bond acceptors (Lipinski definition) is 3. The van der Waals surface area contributed by atoms with E-state index in [1.54, 1.807) is 7.11 Å². The van der Waals surface area contributed by atoms with Gasteiger partial charge < -0.3 is 15.2 Å². The van der Waals surface area contributed by atoms with E-state index in [0.717, 1.165) is 13.0 Å². The van der Waals surface area contributed by atoms with Gasteiger partial charge in [0.1, 0.15) is 5.60 Å². The van der Waals surface area contributed by atoms with Crippen molar-refractivity contribution in [1.82, 2.24) is 0 Å². The number of methoxy groups -OCH3 is 1. The minimum Gasteiger partial charge on any atom is -0.444 e. The normalized spacial score (nSPS) is 25.6. The van der Waals surface area contributed by atoms with Crippen LogP contribution in [0.2, 0.25) is 0 Å². The van der Waals surface area contributed by atoms with E-state index in [9.17, 15) is 4.79 Å². The van der Waals surface area contributed by atoms with Crippen molar-refractivity contribution >= 4 is 6.09 Å². The number of rotatable bonds is 5. The van der Waals surface area contributed by atoms with Crippen molar-refractivity contribution < 1.29 is 14.3 Å². The van der Waals surface area contributed by atoms with Crippen LogP contribution in [0, 0.1) is 11.8 Å². The molecule has 1 aliphatic rings. The summed E-state index contributed by atoms with van der Waals surface area (Å²) in [5.41, 5.74) is 4.63. The fourth-order valence-electron chi connectivity index (χ4n) is 2.85. The predicted octanol–water partition coefficient (Wildman–Crippen LogP) is 2.70. The van der Waals surface area contributed by atoms with E-state index in [4.69, 9.17) is 15.2 Å². The van der Waals surface area contributed by atoms with Gasteiger partial charge in [-0.05, 0) is 57.8 Å². The van der Waals surface area contributed by atoms with E-state index in [1.165, 1.54) is 25.7 Å². The van der Waals surface area contributed by atoms with Gasteiger partial charge in [0.2, 0.25) is 0 Å². The van der Waals surface area contributed by atoms with E-state index in [0.29, 0.717) is 11.8 Å². The molecule has 100 valence electrons. The molecule has 0 aromatic rings. The fraction of sp³-hybridized carbons (Fsp3) is 0.923. The minimum atomic E-state index is -0.678. The summed E-state index contributed by atoms with van der Waals surface area (Å²) >= 11 is 0. The molecule has 0 saturated heterocycles. The van der Waals surface area contributed by atoms with E-state index in [2.05, 4.69) is 0 Å². The van der Waals surface area contributed by atoms with Crippen molar-refractivity contribution in [3.05, 3.63) is 0 Å². The SMILES string of the molecule is COCC1CCC(CC(C)(C)OC(N)=O)CC1. The van der Waals surface area contributed by atoms with Crippen molar-refractivity contribution in [2.45, 2.75) is 51.6 Å². The quantitative estimate of drug-likeness (QED) is 0.807. The lowest BCUT2D eigenvalue weighted by Crippen LogP contribution is -2.34. The van der Waals surface area contributed by atoms with E-state index in [-0.39, 0.29) is 0 Å². The van der Waals surface area contributed by atoms with Gasteiger partial charge in [-0.15, -0.1) is 0 Å². The van der Waals surface area contributed by atoms with Crippen LogP contribution in [0.25, 0.3) is 0 Å². The maximum atomic E-state index is 10.8. The highest BCUT2D eigenvalue weighted by Crippen LogP contribution is 2.34. The van der Waals surface area contributed by atoms with E-state index < -0.39 is 11.7 Å². The number of carbonyl (C=O) groups excluding carboxylic acids is 1. The zero-order valence-electron chi connectivity index (χ0n) is 11.2. The first-order valence-electron chi connectivity index (χ1n) is 6.40. The van der Waals surface area contributed by atoms with Crippen LogP contribution in [0.15, 0.2) is 0 Å². The molecular weight excluding hydrogens is 218 g/mol. The summed E-state index contributed by atoms with van der Waals surface area (Å²) in [6, 6.07) is 0. The molecule has 1 aliphatic carbocycles. The maximum absolute atomic E-state index is 10.8. The van der Waals surface area contributed by atoms with E-state index >= 15 is 0 Å². The molecule has 0 bridgehead atoms. The molecule has 1 fully saturated rings. The van der Waals surface area contributed by atoms with Crippen LogP contribution >= 0.6 is 0 Å². The average Bonchev–Trinajstić information content (AvgIpc) is 2.18. The van der Waals surface area contributed by atoms with Gasteiger partial charge in [-0.25, -0.2) is 4.79 Å². The lowest BCUT2D eigenvalue weighted by molar-refractivity contribution is 0.0170. The third-order valence-electron chi connectivity index (χ3n) is 3.53. The second-order valence-corrected chi connectivity index (χ2v) is 5.73. The Kier molecular flexibility index (Phi) is 5.25. The van der Waals surface area contributed by atoms with Crippen LogP contribution in [0.5, 0.6) is 0 Å². The van der Waals surface area contributed by atoms with Crippen LogP contribution in [-0.4, -0.2) is 25.4 Å². The first-order valence-corrected chi connectivity index (χ1v) is 6.40. The molecule has 0 aromatic heterocycles. The lowest BCUT2D eigenvalue weighted by atomic mass is 9.78. The molecule has 0 spiro atoms. The smallest absolute Gasteiger partial charge is 0.405 e. The van der Waals surface area contributed by atoms with E-state index in [1.807, 2.05) is 13.8 Å². The highest BCUT2D eigenvalue weighted by molar-refractivity contribution is 5.65. The molecule has 2 N–H and O–H groups in total. The summed E-state index contributed by atoms with van der Waals surface area (Å²) in [6.45, 7) is 4.73. The summed E-state index contributed by atoms with van der Waals surface area (Å²) in [4.78, 5) is 10.8. The third kappa shape index (κ3) is 5.39. The number of carbonyl (C=O) groups is 1. The Morgan fingerprint density at radius 3 is 2.24 bits per heavy atom. The van der Waals surface area contributed by atoms with Crippen LogP contribution in [0.4, 0.5) is 4.79 Å². The second kappa shape index (κ2) is 6.24. The Balaban J connectivity index is 2.32. The molecule has 0 radical (unpaired) electrons. The Morgan fingerprint density at radius 2 is 1.76 bits per heavy atom. The maximum Gasteiger partial charge on any atom is 0.405 e.